The third-order valence-electron chi connectivity index (χ3n) is 1.19. The lowest BCUT2D eigenvalue weighted by Crippen LogP contribution is -2.04. The molecule has 0 saturated carbocycles. The predicted molar refractivity (Wildman–Crippen MR) is 47.6 cm³/mol. The lowest BCUT2D eigenvalue weighted by molar-refractivity contribution is -0.137. The normalized spacial score (nSPS) is 9.64. The van der Waals surface area contributed by atoms with Crippen molar-refractivity contribution in [1.82, 2.24) is 0 Å². The van der Waals surface area contributed by atoms with Crippen LogP contribution in [-0.4, -0.2) is 31.1 Å². The van der Waals surface area contributed by atoms with Crippen molar-refractivity contribution in [2.24, 2.45) is 5.73 Å². The van der Waals surface area contributed by atoms with E-state index >= 15 is 0 Å². The second-order valence-corrected chi connectivity index (χ2v) is 3.23. The van der Waals surface area contributed by atoms with Gasteiger partial charge in [-0.3, -0.25) is 4.79 Å². The smallest absolute Gasteiger partial charge is 0.315 e. The zero-order chi connectivity index (χ0) is 8.53. The molecule has 2 N–H and O–H groups in total. The fourth-order valence-corrected chi connectivity index (χ4v) is 1.40. The van der Waals surface area contributed by atoms with Crippen molar-refractivity contribution in [2.45, 2.75) is 12.8 Å². The van der Waals surface area contributed by atoms with Crippen molar-refractivity contribution in [3.63, 3.8) is 0 Å². The lowest BCUT2D eigenvalue weighted by Gasteiger charge is -1.98. The molecule has 0 aliphatic carbocycles. The Bertz CT molecular complexity index is 109. The molecule has 0 amide bonds. The Morgan fingerprint density at radius 3 is 2.82 bits per heavy atom. The number of rotatable bonds is 6. The van der Waals surface area contributed by atoms with Crippen LogP contribution in [0.25, 0.3) is 0 Å². The van der Waals surface area contributed by atoms with Crippen molar-refractivity contribution < 1.29 is 9.53 Å². The van der Waals surface area contributed by atoms with E-state index in [0.29, 0.717) is 5.75 Å². The number of ether oxygens (including phenoxy) is 1. The van der Waals surface area contributed by atoms with Gasteiger partial charge in [0, 0.05) is 0 Å². The van der Waals surface area contributed by atoms with E-state index in [1.165, 1.54) is 7.11 Å². The zero-order valence-corrected chi connectivity index (χ0v) is 7.65. The van der Waals surface area contributed by atoms with Gasteiger partial charge in [0.25, 0.3) is 0 Å². The first-order valence-corrected chi connectivity index (χ1v) is 4.81. The predicted octanol–water partition coefficient (Wildman–Crippen LogP) is 0.631. The van der Waals surface area contributed by atoms with Gasteiger partial charge in [0.2, 0.25) is 0 Å². The topological polar surface area (TPSA) is 52.3 Å². The molecule has 0 heterocycles. The second-order valence-electron chi connectivity index (χ2n) is 2.12. The molecule has 0 unspecified atom stereocenters. The minimum absolute atomic E-state index is 0.150. The van der Waals surface area contributed by atoms with Gasteiger partial charge >= 0.3 is 5.97 Å². The number of thioether (sulfide) groups is 1. The average molecular weight is 177 g/mol. The van der Waals surface area contributed by atoms with E-state index in [0.717, 1.165) is 25.1 Å². The van der Waals surface area contributed by atoms with Gasteiger partial charge in [-0.15, -0.1) is 0 Å². The first-order chi connectivity index (χ1) is 5.31. The van der Waals surface area contributed by atoms with Gasteiger partial charge in [0.05, 0.1) is 12.9 Å². The number of methoxy groups -OCH3 is 1. The van der Waals surface area contributed by atoms with Crippen LogP contribution in [0.3, 0.4) is 0 Å². The van der Waals surface area contributed by atoms with E-state index in [-0.39, 0.29) is 5.97 Å². The van der Waals surface area contributed by atoms with Gasteiger partial charge in [0.1, 0.15) is 0 Å². The van der Waals surface area contributed by atoms with E-state index in [4.69, 9.17) is 5.73 Å². The number of hydrogen-bond donors (Lipinski definition) is 1. The summed E-state index contributed by atoms with van der Waals surface area (Å²) in [6.45, 7) is 0.735. The maximum Gasteiger partial charge on any atom is 0.315 e. The maximum atomic E-state index is 10.6. The summed E-state index contributed by atoms with van der Waals surface area (Å²) < 4.78 is 4.47. The Morgan fingerprint density at radius 2 is 2.27 bits per heavy atom. The average Bonchev–Trinajstić information content (AvgIpc) is 2.04. The summed E-state index contributed by atoms with van der Waals surface area (Å²) in [7, 11) is 1.41. The van der Waals surface area contributed by atoms with Crippen LogP contribution in [0, 0.1) is 0 Å². The van der Waals surface area contributed by atoms with Gasteiger partial charge in [0.15, 0.2) is 0 Å². The highest BCUT2D eigenvalue weighted by Crippen LogP contribution is 2.03. The van der Waals surface area contributed by atoms with Gasteiger partial charge in [-0.2, -0.15) is 11.8 Å². The monoisotopic (exact) mass is 177 g/mol. The Kier molecular flexibility index (Phi) is 7.72. The molecule has 0 aromatic heterocycles. The summed E-state index contributed by atoms with van der Waals surface area (Å²) in [6, 6.07) is 0. The van der Waals surface area contributed by atoms with Crippen molar-refractivity contribution in [3.8, 4) is 0 Å². The highest BCUT2D eigenvalue weighted by Gasteiger charge is 1.98. The second kappa shape index (κ2) is 7.88. The number of esters is 1. The van der Waals surface area contributed by atoms with Crippen LogP contribution in [0.5, 0.6) is 0 Å². The van der Waals surface area contributed by atoms with Gasteiger partial charge in [-0.1, -0.05) is 0 Å². The molecule has 3 nitrogen and oxygen atoms in total. The van der Waals surface area contributed by atoms with E-state index < -0.39 is 0 Å². The molecule has 4 heteroatoms. The third kappa shape index (κ3) is 7.68. The Balaban J connectivity index is 2.95. The van der Waals surface area contributed by atoms with Gasteiger partial charge in [-0.05, 0) is 25.1 Å². The Morgan fingerprint density at radius 1 is 1.55 bits per heavy atom. The van der Waals surface area contributed by atoms with E-state index in [1.807, 2.05) is 0 Å². The van der Waals surface area contributed by atoms with Crippen LogP contribution in [0.2, 0.25) is 0 Å². The molecule has 0 aromatic rings. The summed E-state index contributed by atoms with van der Waals surface area (Å²) in [6.07, 6.45) is 2.12. The molecule has 0 spiro atoms. The van der Waals surface area contributed by atoms with Crippen LogP contribution in [0.15, 0.2) is 0 Å². The fraction of sp³-hybridized carbons (Fsp3) is 0.857. The van der Waals surface area contributed by atoms with Gasteiger partial charge in [-0.25, -0.2) is 0 Å². The molecule has 0 aliphatic rings. The van der Waals surface area contributed by atoms with Crippen LogP contribution < -0.4 is 5.73 Å². The lowest BCUT2D eigenvalue weighted by atomic mass is 10.3. The highest BCUT2D eigenvalue weighted by molar-refractivity contribution is 7.99. The van der Waals surface area contributed by atoms with Gasteiger partial charge < -0.3 is 10.5 Å². The van der Waals surface area contributed by atoms with Crippen LogP contribution >= 0.6 is 11.8 Å². The molecule has 66 valence electrons. The maximum absolute atomic E-state index is 10.6. The molecule has 0 saturated heterocycles. The molecular formula is C7H15NO2S. The Labute approximate surface area is 71.7 Å². The first kappa shape index (κ1) is 10.8. The molecule has 11 heavy (non-hydrogen) atoms. The summed E-state index contributed by atoms with van der Waals surface area (Å²) in [5, 5.41) is 0. The molecule has 0 aromatic carbocycles. The fourth-order valence-electron chi connectivity index (χ4n) is 0.563. The Hall–Kier alpha value is -0.220. The number of nitrogens with two attached hydrogens (primary N) is 1. The highest BCUT2D eigenvalue weighted by atomic mass is 32.2. The van der Waals surface area contributed by atoms with E-state index in [1.54, 1.807) is 11.8 Å². The molecule has 0 atom stereocenters. The largest absolute Gasteiger partial charge is 0.468 e. The summed E-state index contributed by atoms with van der Waals surface area (Å²) in [4.78, 5) is 10.6. The molecular weight excluding hydrogens is 162 g/mol. The van der Waals surface area contributed by atoms with Crippen molar-refractivity contribution in [3.05, 3.63) is 0 Å². The summed E-state index contributed by atoms with van der Waals surface area (Å²) in [5.41, 5.74) is 5.30. The van der Waals surface area contributed by atoms with Crippen molar-refractivity contribution in [1.29, 1.82) is 0 Å². The SMILES string of the molecule is COC(=O)CSCCCCN. The standard InChI is InChI=1S/C7H15NO2S/c1-10-7(9)6-11-5-3-2-4-8/h2-6,8H2,1H3. The zero-order valence-electron chi connectivity index (χ0n) is 6.84. The molecule has 0 bridgehead atoms. The van der Waals surface area contributed by atoms with E-state index in [9.17, 15) is 4.79 Å². The number of carbonyl (C=O) groups excluding carboxylic acids is 1. The molecule has 0 radical (unpaired) electrons. The minimum atomic E-state index is -0.150. The van der Waals surface area contributed by atoms with Crippen LogP contribution in [0.1, 0.15) is 12.8 Å². The quantitative estimate of drug-likeness (QED) is 0.477. The molecule has 0 rings (SSSR count). The van der Waals surface area contributed by atoms with Crippen LogP contribution in [0.4, 0.5) is 0 Å². The van der Waals surface area contributed by atoms with Crippen LogP contribution in [-0.2, 0) is 9.53 Å². The minimum Gasteiger partial charge on any atom is -0.468 e. The molecule has 0 fully saturated rings. The van der Waals surface area contributed by atoms with E-state index in [2.05, 4.69) is 4.74 Å². The summed E-state index contributed by atoms with van der Waals surface area (Å²) in [5.74, 6) is 1.30. The number of carbonyl (C=O) groups is 1. The summed E-state index contributed by atoms with van der Waals surface area (Å²) >= 11 is 1.60. The number of hydrogen-bond acceptors (Lipinski definition) is 4. The number of unbranched alkanes of at least 4 members (excludes halogenated alkanes) is 1. The van der Waals surface area contributed by atoms with Crippen molar-refractivity contribution in [2.75, 3.05) is 25.2 Å². The molecule has 0 aliphatic heterocycles. The third-order valence-corrected chi connectivity index (χ3v) is 2.21. The first-order valence-electron chi connectivity index (χ1n) is 3.66. The van der Waals surface area contributed by atoms with Crippen molar-refractivity contribution >= 4 is 17.7 Å².